The second kappa shape index (κ2) is 8.92. The molecule has 2 aromatic carbocycles. The number of carbonyl (C=O) groups excluding carboxylic acids is 1. The van der Waals surface area contributed by atoms with Gasteiger partial charge in [0, 0.05) is 61.3 Å². The molecule has 0 aliphatic carbocycles. The summed E-state index contributed by atoms with van der Waals surface area (Å²) in [6.45, 7) is 3.39. The molecule has 0 saturated carbocycles. The van der Waals surface area contributed by atoms with E-state index in [4.69, 9.17) is 4.74 Å². The number of amides is 1. The Morgan fingerprint density at radius 2 is 2.10 bits per heavy atom. The third kappa shape index (κ3) is 4.32. The first-order valence-electron chi connectivity index (χ1n) is 9.98. The lowest BCUT2D eigenvalue weighted by molar-refractivity contribution is 0.0952. The van der Waals surface area contributed by atoms with Crippen molar-refractivity contribution in [3.8, 4) is 5.75 Å². The Hall–Kier alpha value is -3.12. The van der Waals surface area contributed by atoms with E-state index in [1.54, 1.807) is 31.6 Å². The van der Waals surface area contributed by atoms with Crippen molar-refractivity contribution in [1.82, 2.24) is 15.6 Å². The molecule has 1 unspecified atom stereocenters. The number of fused-ring (bicyclic) bond motifs is 1. The zero-order chi connectivity index (χ0) is 20.1. The summed E-state index contributed by atoms with van der Waals surface area (Å²) in [7, 11) is 1.70. The molecule has 3 aromatic rings. The minimum atomic E-state index is -0.0578. The van der Waals surface area contributed by atoms with E-state index >= 15 is 0 Å². The summed E-state index contributed by atoms with van der Waals surface area (Å²) in [5.41, 5.74) is 1.85. The third-order valence-electron chi connectivity index (χ3n) is 5.43. The average Bonchev–Trinajstić information content (AvgIpc) is 2.79. The Morgan fingerprint density at radius 3 is 2.93 bits per heavy atom. The van der Waals surface area contributed by atoms with Crippen LogP contribution in [0.1, 0.15) is 16.8 Å². The van der Waals surface area contributed by atoms with Crippen molar-refractivity contribution >= 4 is 22.4 Å². The molecule has 6 heteroatoms. The summed E-state index contributed by atoms with van der Waals surface area (Å²) in [6.07, 6.45) is 4.14. The van der Waals surface area contributed by atoms with Crippen molar-refractivity contribution < 1.29 is 9.53 Å². The Morgan fingerprint density at radius 1 is 1.24 bits per heavy atom. The van der Waals surface area contributed by atoms with Gasteiger partial charge in [0.15, 0.2) is 0 Å². The fourth-order valence-corrected chi connectivity index (χ4v) is 3.91. The summed E-state index contributed by atoms with van der Waals surface area (Å²) >= 11 is 0. The second-order valence-electron chi connectivity index (χ2n) is 7.20. The molecule has 0 radical (unpaired) electrons. The van der Waals surface area contributed by atoms with E-state index in [1.807, 2.05) is 6.07 Å². The van der Waals surface area contributed by atoms with Crippen molar-refractivity contribution in [3.05, 3.63) is 66.5 Å². The molecular formula is C23H26N4O2. The van der Waals surface area contributed by atoms with Gasteiger partial charge in [-0.3, -0.25) is 9.78 Å². The van der Waals surface area contributed by atoms with Gasteiger partial charge in [-0.2, -0.15) is 0 Å². The Bertz CT molecular complexity index is 977. The number of piperazine rings is 1. The Kier molecular flexibility index (Phi) is 5.91. The van der Waals surface area contributed by atoms with E-state index in [-0.39, 0.29) is 5.91 Å². The largest absolute Gasteiger partial charge is 0.497 e. The molecule has 1 amide bonds. The number of hydrogen-bond donors (Lipinski definition) is 2. The predicted octanol–water partition coefficient (Wildman–Crippen LogP) is 2.84. The highest BCUT2D eigenvalue weighted by Crippen LogP contribution is 2.32. The van der Waals surface area contributed by atoms with Gasteiger partial charge >= 0.3 is 0 Å². The summed E-state index contributed by atoms with van der Waals surface area (Å²) < 4.78 is 5.44. The first-order chi connectivity index (χ1) is 14.3. The maximum absolute atomic E-state index is 12.3. The summed E-state index contributed by atoms with van der Waals surface area (Å²) in [4.78, 5) is 18.7. The molecule has 29 heavy (non-hydrogen) atoms. The fourth-order valence-electron chi connectivity index (χ4n) is 3.91. The van der Waals surface area contributed by atoms with E-state index in [0.717, 1.165) is 31.8 Å². The Labute approximate surface area is 170 Å². The monoisotopic (exact) mass is 390 g/mol. The van der Waals surface area contributed by atoms with E-state index in [0.29, 0.717) is 18.2 Å². The van der Waals surface area contributed by atoms with Crippen LogP contribution in [0.25, 0.3) is 10.8 Å². The van der Waals surface area contributed by atoms with Gasteiger partial charge in [-0.25, -0.2) is 0 Å². The lowest BCUT2D eigenvalue weighted by atomic mass is 10.0. The van der Waals surface area contributed by atoms with Crippen LogP contribution in [0.15, 0.2) is 60.9 Å². The quantitative estimate of drug-likeness (QED) is 0.678. The number of nitrogens with one attached hydrogen (secondary N) is 2. The zero-order valence-electron chi connectivity index (χ0n) is 16.6. The molecule has 6 nitrogen and oxygen atoms in total. The van der Waals surface area contributed by atoms with Gasteiger partial charge in [0.2, 0.25) is 0 Å². The van der Waals surface area contributed by atoms with Gasteiger partial charge in [0.1, 0.15) is 5.75 Å². The topological polar surface area (TPSA) is 66.5 Å². The maximum Gasteiger partial charge on any atom is 0.251 e. The molecule has 4 rings (SSSR count). The molecule has 0 bridgehead atoms. The molecule has 2 heterocycles. The first-order valence-corrected chi connectivity index (χ1v) is 9.98. The molecule has 1 saturated heterocycles. The number of anilines is 1. The van der Waals surface area contributed by atoms with Crippen LogP contribution in [0.3, 0.4) is 0 Å². The van der Waals surface area contributed by atoms with E-state index in [9.17, 15) is 4.79 Å². The van der Waals surface area contributed by atoms with Gasteiger partial charge < -0.3 is 20.3 Å². The summed E-state index contributed by atoms with van der Waals surface area (Å²) in [5, 5.41) is 8.91. The van der Waals surface area contributed by atoms with E-state index in [2.05, 4.69) is 50.8 Å². The Balaban J connectivity index is 1.49. The van der Waals surface area contributed by atoms with Crippen molar-refractivity contribution in [1.29, 1.82) is 0 Å². The van der Waals surface area contributed by atoms with Crippen molar-refractivity contribution in [2.75, 3.05) is 38.2 Å². The number of carbonyl (C=O) groups is 1. The number of benzene rings is 2. The zero-order valence-corrected chi connectivity index (χ0v) is 16.6. The number of aromatic nitrogens is 1. The van der Waals surface area contributed by atoms with Crippen LogP contribution in [0.5, 0.6) is 5.75 Å². The fraction of sp³-hybridized carbons (Fsp3) is 0.304. The van der Waals surface area contributed by atoms with Gasteiger partial charge in [-0.1, -0.05) is 18.2 Å². The van der Waals surface area contributed by atoms with Crippen molar-refractivity contribution in [2.24, 2.45) is 0 Å². The number of methoxy groups -OCH3 is 1. The number of nitrogens with zero attached hydrogens (tertiary/aromatic N) is 2. The number of pyridine rings is 1. The van der Waals surface area contributed by atoms with Gasteiger partial charge in [-0.05, 0) is 42.1 Å². The van der Waals surface area contributed by atoms with Gasteiger partial charge in [-0.15, -0.1) is 0 Å². The number of rotatable bonds is 6. The number of hydrogen-bond acceptors (Lipinski definition) is 5. The first kappa shape index (κ1) is 19.2. The van der Waals surface area contributed by atoms with Crippen LogP contribution in [0, 0.1) is 0 Å². The second-order valence-corrected chi connectivity index (χ2v) is 7.20. The van der Waals surface area contributed by atoms with Crippen LogP contribution in [0.2, 0.25) is 0 Å². The highest BCUT2D eigenvalue weighted by atomic mass is 16.5. The van der Waals surface area contributed by atoms with Gasteiger partial charge in [0.25, 0.3) is 5.91 Å². The summed E-state index contributed by atoms with van der Waals surface area (Å²) in [5.74, 6) is 0.805. The van der Waals surface area contributed by atoms with Crippen molar-refractivity contribution in [3.63, 3.8) is 0 Å². The van der Waals surface area contributed by atoms with Crippen molar-refractivity contribution in [2.45, 2.75) is 12.5 Å². The molecule has 2 N–H and O–H groups in total. The van der Waals surface area contributed by atoms with Crippen LogP contribution in [0.4, 0.5) is 5.69 Å². The highest BCUT2D eigenvalue weighted by Gasteiger charge is 2.24. The average molecular weight is 390 g/mol. The van der Waals surface area contributed by atoms with Crippen LogP contribution in [-0.2, 0) is 0 Å². The maximum atomic E-state index is 12.3. The normalized spacial score (nSPS) is 16.6. The molecule has 0 spiro atoms. The molecule has 1 fully saturated rings. The standard InChI is InChI=1S/C23H26N4O2/c1-29-20-6-5-17-3-2-4-22(21(17)15-20)27-14-13-25-16-19(27)9-12-26-23(28)18-7-10-24-11-8-18/h2-8,10-11,15,19,25H,9,12-14,16H2,1H3,(H,26,28). The molecule has 150 valence electrons. The van der Waals surface area contributed by atoms with Crippen LogP contribution < -0.4 is 20.3 Å². The number of ether oxygens (including phenoxy) is 1. The summed E-state index contributed by atoms with van der Waals surface area (Å²) in [6, 6.07) is 16.4. The third-order valence-corrected chi connectivity index (χ3v) is 5.43. The lowest BCUT2D eigenvalue weighted by Gasteiger charge is -2.39. The van der Waals surface area contributed by atoms with E-state index < -0.39 is 0 Å². The van der Waals surface area contributed by atoms with E-state index in [1.165, 1.54) is 16.5 Å². The molecule has 1 aliphatic heterocycles. The van der Waals surface area contributed by atoms with Gasteiger partial charge in [0.05, 0.1) is 7.11 Å². The molecule has 1 atom stereocenters. The molecule has 1 aliphatic rings. The molecule has 1 aromatic heterocycles. The van der Waals surface area contributed by atoms with Crippen LogP contribution >= 0.6 is 0 Å². The lowest BCUT2D eigenvalue weighted by Crippen LogP contribution is -2.52. The highest BCUT2D eigenvalue weighted by molar-refractivity contribution is 5.95. The minimum Gasteiger partial charge on any atom is -0.497 e. The SMILES string of the molecule is COc1ccc2cccc(N3CCNCC3CCNC(=O)c3ccncc3)c2c1. The molecular weight excluding hydrogens is 364 g/mol. The predicted molar refractivity (Wildman–Crippen MR) is 116 cm³/mol. The van der Waals surface area contributed by atoms with Crippen LogP contribution in [-0.4, -0.2) is 50.2 Å². The smallest absolute Gasteiger partial charge is 0.251 e. The minimum absolute atomic E-state index is 0.0578.